The van der Waals surface area contributed by atoms with E-state index in [-0.39, 0.29) is 77.8 Å². The number of H-pyrrole nitrogens is 2. The summed E-state index contributed by atoms with van der Waals surface area (Å²) in [6.07, 6.45) is 8.48. The molecule has 0 radical (unpaired) electrons. The molecule has 0 saturated carbocycles. The zero-order chi connectivity index (χ0) is 32.6. The molecule has 0 aliphatic carbocycles. The number of aromatic nitrogens is 4. The maximum Gasteiger partial charge on any atom is 0.407 e. The van der Waals surface area contributed by atoms with Crippen molar-refractivity contribution in [3.63, 3.8) is 0 Å². The molecule has 0 bridgehead atoms. The number of amides is 3. The molecule has 2 saturated heterocycles. The summed E-state index contributed by atoms with van der Waals surface area (Å²) in [4.78, 5) is 56.4. The van der Waals surface area contributed by atoms with Crippen LogP contribution in [0.15, 0.2) is 36.7 Å². The van der Waals surface area contributed by atoms with Gasteiger partial charge in [0.25, 0.3) is 0 Å². The number of ether oxygens (including phenoxy) is 2. The second-order valence-corrected chi connectivity index (χ2v) is 12.7. The molecule has 50 heavy (non-hydrogen) atoms. The van der Waals surface area contributed by atoms with Crippen LogP contribution in [0.3, 0.4) is 0 Å². The molecule has 3 amide bonds. The van der Waals surface area contributed by atoms with Crippen molar-refractivity contribution in [3.8, 4) is 22.5 Å². The number of carbonyl (C=O) groups excluding carboxylic acids is 3. The first kappa shape index (κ1) is 45.2. The Bertz CT molecular complexity index is 1490. The van der Waals surface area contributed by atoms with E-state index in [4.69, 9.17) is 9.47 Å². The monoisotopic (exact) mass is 769 g/mol. The van der Waals surface area contributed by atoms with E-state index in [1.54, 1.807) is 6.20 Å². The van der Waals surface area contributed by atoms with Crippen molar-refractivity contribution in [2.75, 3.05) is 26.9 Å². The Morgan fingerprint density at radius 2 is 1.48 bits per heavy atom. The molecule has 4 atom stereocenters. The molecule has 2 aromatic heterocycles. The van der Waals surface area contributed by atoms with E-state index in [1.807, 2.05) is 42.3 Å². The van der Waals surface area contributed by atoms with Gasteiger partial charge in [-0.15, -0.1) is 0 Å². The van der Waals surface area contributed by atoms with Gasteiger partial charge in [0.15, 0.2) is 0 Å². The number of aromatic amines is 2. The van der Waals surface area contributed by atoms with Crippen LogP contribution in [0, 0.1) is 11.8 Å². The number of hydrogen-bond acceptors (Lipinski definition) is 7. The molecule has 2 fully saturated rings. The zero-order valence-corrected chi connectivity index (χ0v) is 33.3. The Labute approximate surface area is 323 Å². The molecule has 1 aromatic carbocycles. The van der Waals surface area contributed by atoms with Crippen molar-refractivity contribution in [1.29, 1.82) is 0 Å². The fraction of sp³-hybridized carbons (Fsp3) is 0.559. The van der Waals surface area contributed by atoms with Crippen LogP contribution in [0.25, 0.3) is 22.5 Å². The highest BCUT2D eigenvalue weighted by atomic mass is 32.1. The molecule has 12 nitrogen and oxygen atoms in total. The number of rotatable bonds is 7. The number of nitrogens with one attached hydrogen (secondary N) is 4. The number of nitrogens with zero attached hydrogens (tertiary/aromatic N) is 3. The summed E-state index contributed by atoms with van der Waals surface area (Å²) >= 11 is 0. The average molecular weight is 770 g/mol. The highest BCUT2D eigenvalue weighted by Gasteiger charge is 2.35. The van der Waals surface area contributed by atoms with Crippen molar-refractivity contribution in [2.24, 2.45) is 11.8 Å². The van der Waals surface area contributed by atoms with Gasteiger partial charge in [-0.2, -0.15) is 54.0 Å². The summed E-state index contributed by atoms with van der Waals surface area (Å²) in [6, 6.07) is 6.94. The van der Waals surface area contributed by atoms with E-state index in [1.165, 1.54) is 7.11 Å². The summed E-state index contributed by atoms with van der Waals surface area (Å²) in [5.41, 5.74) is 3.64. The van der Waals surface area contributed by atoms with Gasteiger partial charge in [-0.1, -0.05) is 57.9 Å². The molecule has 2 aliphatic rings. The quantitative estimate of drug-likeness (QED) is 0.239. The fourth-order valence-electron chi connectivity index (χ4n) is 6.06. The van der Waals surface area contributed by atoms with Gasteiger partial charge in [0.05, 0.1) is 43.0 Å². The molecule has 3 aromatic rings. The second-order valence-electron chi connectivity index (χ2n) is 12.7. The highest BCUT2D eigenvalue weighted by Crippen LogP contribution is 2.34. The van der Waals surface area contributed by atoms with Gasteiger partial charge in [-0.3, -0.25) is 9.59 Å². The lowest BCUT2D eigenvalue weighted by atomic mass is 9.96. The minimum atomic E-state index is -0.693. The van der Waals surface area contributed by atoms with Gasteiger partial charge in [0.1, 0.15) is 17.7 Å². The number of alkyl carbamates (subject to hydrolysis) is 1. The molecule has 5 rings (SSSR count). The average Bonchev–Trinajstić information content (AvgIpc) is 3.84. The molecule has 0 spiro atoms. The highest BCUT2D eigenvalue weighted by molar-refractivity contribution is 7.59. The third kappa shape index (κ3) is 11.4. The van der Waals surface area contributed by atoms with Gasteiger partial charge in [-0.05, 0) is 49.1 Å². The summed E-state index contributed by atoms with van der Waals surface area (Å²) < 4.78 is 10.5. The Morgan fingerprint density at radius 3 is 2.10 bits per heavy atom. The number of likely N-dealkylation sites (tertiary alicyclic amines) is 1. The molecular formula is C34H55N7O5S4. The van der Waals surface area contributed by atoms with Gasteiger partial charge >= 0.3 is 6.09 Å². The standard InChI is InChI=1S/C34H47N7O5.4H2S/c1-21(2)22(3)33(43)41-16-8-10-29(41)31-36-20-28(38-31)24-13-11-23(12-14-24)27-19-35-30(37-27)25-15-18-46-17-7-5-6-9-26(32(42)39-25)40-34(44)45-4;;;;/h11-14,19-22,25-26,29H,5-10,15-18H2,1-4H3,(H,35,37)(H,36,38)(H,39,42)(H,40,44);4*1H2/t22-,25-,26-,29-;;;;/m0..../s1. The van der Waals surface area contributed by atoms with Crippen molar-refractivity contribution < 1.29 is 23.9 Å². The number of benzene rings is 1. The second kappa shape index (κ2) is 21.5. The van der Waals surface area contributed by atoms with Crippen LogP contribution < -0.4 is 10.6 Å². The van der Waals surface area contributed by atoms with Crippen molar-refractivity contribution >= 4 is 71.9 Å². The molecule has 4 N–H and O–H groups in total. The lowest BCUT2D eigenvalue weighted by Crippen LogP contribution is -2.48. The molecule has 2 aliphatic heterocycles. The predicted octanol–water partition coefficient (Wildman–Crippen LogP) is 5.74. The minimum absolute atomic E-state index is 0. The van der Waals surface area contributed by atoms with Crippen molar-refractivity contribution in [1.82, 2.24) is 35.5 Å². The Kier molecular flexibility index (Phi) is 19.5. The maximum absolute atomic E-state index is 13.2. The molecule has 4 heterocycles. The minimum Gasteiger partial charge on any atom is -0.453 e. The van der Waals surface area contributed by atoms with Gasteiger partial charge < -0.3 is 35.0 Å². The lowest BCUT2D eigenvalue weighted by Gasteiger charge is -2.27. The van der Waals surface area contributed by atoms with Crippen molar-refractivity contribution in [2.45, 2.75) is 83.8 Å². The number of imidazole rings is 2. The van der Waals surface area contributed by atoms with Gasteiger partial charge in [-0.25, -0.2) is 14.8 Å². The smallest absolute Gasteiger partial charge is 0.407 e. The normalized spacial score (nSPS) is 20.3. The number of carbonyl (C=O) groups is 3. The van der Waals surface area contributed by atoms with E-state index in [0.717, 1.165) is 67.0 Å². The predicted molar refractivity (Wildman–Crippen MR) is 215 cm³/mol. The molecule has 16 heteroatoms. The first-order valence-corrected chi connectivity index (χ1v) is 16.5. The third-order valence-corrected chi connectivity index (χ3v) is 9.21. The summed E-state index contributed by atoms with van der Waals surface area (Å²) in [6.45, 7) is 8.07. The molecule has 280 valence electrons. The largest absolute Gasteiger partial charge is 0.453 e. The van der Waals surface area contributed by atoms with E-state index >= 15 is 0 Å². The summed E-state index contributed by atoms with van der Waals surface area (Å²) in [7, 11) is 1.29. The summed E-state index contributed by atoms with van der Waals surface area (Å²) in [5.74, 6) is 1.63. The van der Waals surface area contributed by atoms with Crippen LogP contribution in [0.5, 0.6) is 0 Å². The number of hydrogen-bond donors (Lipinski definition) is 4. The zero-order valence-electron chi connectivity index (χ0n) is 29.3. The van der Waals surface area contributed by atoms with Crippen LogP contribution in [0.1, 0.15) is 89.4 Å². The van der Waals surface area contributed by atoms with Crippen LogP contribution >= 0.6 is 54.0 Å². The first-order chi connectivity index (χ1) is 22.2. The SMILES string of the molecule is COC(=O)N[C@H]1CCCCCOCC[C@@H](c2ncc(-c3ccc(-c4cnc([C@@H]5CCCN5C(=O)[C@@H](C)C(C)C)[nH]4)cc3)[nH]2)NC1=O.S.S.S.S. The van der Waals surface area contributed by atoms with Crippen LogP contribution in [-0.4, -0.2) is 75.7 Å². The van der Waals surface area contributed by atoms with E-state index < -0.39 is 18.2 Å². The van der Waals surface area contributed by atoms with E-state index in [9.17, 15) is 14.4 Å². The van der Waals surface area contributed by atoms with Crippen LogP contribution in [0.4, 0.5) is 4.79 Å². The summed E-state index contributed by atoms with van der Waals surface area (Å²) in [5, 5.41) is 5.72. The Morgan fingerprint density at radius 1 is 0.860 bits per heavy atom. The third-order valence-electron chi connectivity index (χ3n) is 9.21. The fourth-order valence-corrected chi connectivity index (χ4v) is 6.06. The van der Waals surface area contributed by atoms with Crippen LogP contribution in [-0.2, 0) is 19.1 Å². The van der Waals surface area contributed by atoms with Crippen molar-refractivity contribution in [3.05, 3.63) is 48.3 Å². The lowest BCUT2D eigenvalue weighted by molar-refractivity contribution is -0.137. The maximum atomic E-state index is 13.2. The van der Waals surface area contributed by atoms with E-state index in [2.05, 4.69) is 44.4 Å². The number of methoxy groups -OCH3 is 1. The first-order valence-electron chi connectivity index (χ1n) is 16.5. The Hall–Kier alpha value is -2.79. The van der Waals surface area contributed by atoms with E-state index in [0.29, 0.717) is 37.8 Å². The van der Waals surface area contributed by atoms with Gasteiger partial charge in [0.2, 0.25) is 11.8 Å². The Balaban J connectivity index is 0.00000312. The van der Waals surface area contributed by atoms with Gasteiger partial charge in [0, 0.05) is 25.7 Å². The molecule has 0 unspecified atom stereocenters. The van der Waals surface area contributed by atoms with Crippen LogP contribution in [0.2, 0.25) is 0 Å². The topological polar surface area (TPSA) is 154 Å². The molecular weight excluding hydrogens is 715 g/mol.